The van der Waals surface area contributed by atoms with Crippen molar-refractivity contribution in [2.75, 3.05) is 20.8 Å². The molecule has 1 aromatic rings. The molecule has 6 atom stereocenters. The lowest BCUT2D eigenvalue weighted by atomic mass is 9.62. The number of fused-ring (bicyclic) bond motifs is 1. The molecule has 6 nitrogen and oxygen atoms in total. The summed E-state index contributed by atoms with van der Waals surface area (Å²) in [6.07, 6.45) is 5.82. The standard InChI is InChI=1S/C21H25NO5/c1-26-16-6-3-11(9-17(16)27-2)7-8-22-20(23)18-12-4-5-13(15-10-14(12)15)19(18)21(24)25/h3-6,9,12-15,18-19H,7-8,10H2,1-2H3,(H,22,23)(H,24,25)/t12-,13-,14-,15-,18+,19-/m0/s1. The number of ether oxygens (including phenoxy) is 2. The van der Waals surface area contributed by atoms with Gasteiger partial charge in [0, 0.05) is 6.54 Å². The van der Waals surface area contributed by atoms with Gasteiger partial charge in [0.25, 0.3) is 0 Å². The molecule has 4 aliphatic carbocycles. The van der Waals surface area contributed by atoms with E-state index in [0.717, 1.165) is 12.0 Å². The van der Waals surface area contributed by atoms with Crippen LogP contribution in [0, 0.1) is 35.5 Å². The average Bonchev–Trinajstić information content (AvgIpc) is 3.49. The summed E-state index contributed by atoms with van der Waals surface area (Å²) in [5, 5.41) is 12.7. The fourth-order valence-corrected chi connectivity index (χ4v) is 5.05. The summed E-state index contributed by atoms with van der Waals surface area (Å²) in [7, 11) is 3.18. The number of carboxylic acid groups (broad SMARTS) is 1. The predicted molar refractivity (Wildman–Crippen MR) is 98.6 cm³/mol. The van der Waals surface area contributed by atoms with Crippen LogP contribution in [0.4, 0.5) is 0 Å². The number of amides is 1. The SMILES string of the molecule is COc1ccc(CCNC(=O)[C@@H]2[C@H]3C=C[C@@H]([C@@H]4C[C@@H]34)[C@@H]2C(=O)O)cc1OC. The number of carbonyl (C=O) groups excluding carboxylic acids is 1. The predicted octanol–water partition coefficient (Wildman–Crippen LogP) is 2.13. The van der Waals surface area contributed by atoms with E-state index in [2.05, 4.69) is 11.4 Å². The van der Waals surface area contributed by atoms with Crippen LogP contribution in [0.5, 0.6) is 11.5 Å². The lowest BCUT2D eigenvalue weighted by Crippen LogP contribution is -2.50. The van der Waals surface area contributed by atoms with Crippen LogP contribution in [0.15, 0.2) is 30.4 Å². The Labute approximate surface area is 158 Å². The summed E-state index contributed by atoms with van der Waals surface area (Å²) in [6, 6.07) is 5.67. The number of aliphatic carboxylic acids is 1. The second-order valence-electron chi connectivity index (χ2n) is 7.72. The molecule has 0 heterocycles. The van der Waals surface area contributed by atoms with E-state index in [0.29, 0.717) is 36.3 Å². The second kappa shape index (κ2) is 6.91. The van der Waals surface area contributed by atoms with Crippen molar-refractivity contribution in [3.05, 3.63) is 35.9 Å². The van der Waals surface area contributed by atoms with Crippen LogP contribution in [-0.2, 0) is 16.0 Å². The maximum absolute atomic E-state index is 12.8. The molecule has 2 N–H and O–H groups in total. The fraction of sp³-hybridized carbons (Fsp3) is 0.524. The van der Waals surface area contributed by atoms with Gasteiger partial charge >= 0.3 is 5.97 Å². The van der Waals surface area contributed by atoms with Crippen LogP contribution in [-0.4, -0.2) is 37.7 Å². The molecule has 2 bridgehead atoms. The van der Waals surface area contributed by atoms with Gasteiger partial charge in [-0.1, -0.05) is 18.2 Å². The van der Waals surface area contributed by atoms with Gasteiger partial charge in [-0.15, -0.1) is 0 Å². The van der Waals surface area contributed by atoms with Crippen LogP contribution in [0.1, 0.15) is 12.0 Å². The molecular formula is C21H25NO5. The van der Waals surface area contributed by atoms with Gasteiger partial charge in [-0.3, -0.25) is 9.59 Å². The Morgan fingerprint density at radius 2 is 1.74 bits per heavy atom. The first-order chi connectivity index (χ1) is 13.0. The zero-order chi connectivity index (χ0) is 19.1. The number of allylic oxidation sites excluding steroid dienone is 2. The molecule has 0 spiro atoms. The van der Waals surface area contributed by atoms with Gasteiger partial charge in [-0.2, -0.15) is 0 Å². The molecule has 0 aliphatic heterocycles. The van der Waals surface area contributed by atoms with Gasteiger partial charge in [0.05, 0.1) is 26.1 Å². The largest absolute Gasteiger partial charge is 0.493 e. The van der Waals surface area contributed by atoms with Gasteiger partial charge < -0.3 is 19.9 Å². The summed E-state index contributed by atoms with van der Waals surface area (Å²) < 4.78 is 10.5. The third kappa shape index (κ3) is 3.07. The lowest BCUT2D eigenvalue weighted by molar-refractivity contribution is -0.153. The zero-order valence-corrected chi connectivity index (χ0v) is 15.6. The number of carboxylic acids is 1. The first-order valence-electron chi connectivity index (χ1n) is 9.45. The molecule has 5 rings (SSSR count). The molecule has 4 aliphatic rings. The van der Waals surface area contributed by atoms with Crippen LogP contribution in [0.3, 0.4) is 0 Å². The van der Waals surface area contributed by atoms with Gasteiger partial charge in [0.2, 0.25) is 5.91 Å². The van der Waals surface area contributed by atoms with E-state index in [-0.39, 0.29) is 17.7 Å². The highest BCUT2D eigenvalue weighted by Gasteiger charge is 2.62. The van der Waals surface area contributed by atoms with E-state index in [1.54, 1.807) is 14.2 Å². The Balaban J connectivity index is 1.39. The minimum Gasteiger partial charge on any atom is -0.493 e. The van der Waals surface area contributed by atoms with Crippen molar-refractivity contribution in [3.8, 4) is 11.5 Å². The third-order valence-electron chi connectivity index (χ3n) is 6.40. The minimum atomic E-state index is -0.847. The summed E-state index contributed by atoms with van der Waals surface area (Å²) >= 11 is 0. The Bertz CT molecular complexity index is 789. The third-order valence-corrected chi connectivity index (χ3v) is 6.40. The van der Waals surface area contributed by atoms with Crippen molar-refractivity contribution < 1.29 is 24.2 Å². The number of nitrogens with one attached hydrogen (secondary N) is 1. The van der Waals surface area contributed by atoms with Crippen molar-refractivity contribution in [2.24, 2.45) is 35.5 Å². The maximum atomic E-state index is 12.8. The Kier molecular flexibility index (Phi) is 4.58. The van der Waals surface area contributed by atoms with Gasteiger partial charge in [-0.25, -0.2) is 0 Å². The molecule has 144 valence electrons. The van der Waals surface area contributed by atoms with E-state index in [1.807, 2.05) is 24.3 Å². The van der Waals surface area contributed by atoms with Crippen LogP contribution >= 0.6 is 0 Å². The quantitative estimate of drug-likeness (QED) is 0.718. The monoisotopic (exact) mass is 371 g/mol. The highest BCUT2D eigenvalue weighted by Crippen LogP contribution is 2.63. The van der Waals surface area contributed by atoms with E-state index in [9.17, 15) is 14.7 Å². The number of benzene rings is 1. The summed E-state index contributed by atoms with van der Waals surface area (Å²) in [5.41, 5.74) is 1.02. The van der Waals surface area contributed by atoms with Crippen molar-refractivity contribution >= 4 is 11.9 Å². The molecule has 27 heavy (non-hydrogen) atoms. The molecule has 1 aromatic carbocycles. The average molecular weight is 371 g/mol. The Hall–Kier alpha value is -2.50. The summed E-state index contributed by atoms with van der Waals surface area (Å²) in [6.45, 7) is 0.465. The van der Waals surface area contributed by atoms with E-state index < -0.39 is 17.8 Å². The second-order valence-corrected chi connectivity index (χ2v) is 7.72. The number of hydrogen-bond donors (Lipinski definition) is 2. The normalized spacial score (nSPS) is 32.5. The smallest absolute Gasteiger partial charge is 0.307 e. The Morgan fingerprint density at radius 1 is 1.07 bits per heavy atom. The van der Waals surface area contributed by atoms with Gasteiger partial charge in [0.1, 0.15) is 0 Å². The van der Waals surface area contributed by atoms with Gasteiger partial charge in [0.15, 0.2) is 11.5 Å². The topological polar surface area (TPSA) is 84.9 Å². The number of hydrogen-bond acceptors (Lipinski definition) is 4. The highest BCUT2D eigenvalue weighted by atomic mass is 16.5. The van der Waals surface area contributed by atoms with E-state index in [1.165, 1.54) is 0 Å². The van der Waals surface area contributed by atoms with E-state index in [4.69, 9.17) is 9.47 Å². The van der Waals surface area contributed by atoms with Gasteiger partial charge in [-0.05, 0) is 54.2 Å². The van der Waals surface area contributed by atoms with Crippen LogP contribution < -0.4 is 14.8 Å². The van der Waals surface area contributed by atoms with Crippen molar-refractivity contribution in [3.63, 3.8) is 0 Å². The molecule has 0 aromatic heterocycles. The molecule has 1 amide bonds. The minimum absolute atomic E-state index is 0.0131. The number of rotatable bonds is 7. The molecule has 6 heteroatoms. The first-order valence-corrected chi connectivity index (χ1v) is 9.45. The number of methoxy groups -OCH3 is 2. The fourth-order valence-electron chi connectivity index (χ4n) is 5.05. The maximum Gasteiger partial charge on any atom is 0.307 e. The molecule has 0 radical (unpaired) electrons. The van der Waals surface area contributed by atoms with Crippen molar-refractivity contribution in [2.45, 2.75) is 12.8 Å². The van der Waals surface area contributed by atoms with Crippen LogP contribution in [0.25, 0.3) is 0 Å². The van der Waals surface area contributed by atoms with E-state index >= 15 is 0 Å². The summed E-state index contributed by atoms with van der Waals surface area (Å²) in [5.74, 6) is 0.347. The molecule has 2 fully saturated rings. The number of carbonyl (C=O) groups is 2. The first kappa shape index (κ1) is 17.9. The molecule has 0 unspecified atom stereocenters. The Morgan fingerprint density at radius 3 is 2.37 bits per heavy atom. The highest BCUT2D eigenvalue weighted by molar-refractivity contribution is 5.86. The summed E-state index contributed by atoms with van der Waals surface area (Å²) in [4.78, 5) is 24.6. The lowest BCUT2D eigenvalue weighted by Gasteiger charge is -2.41. The zero-order valence-electron chi connectivity index (χ0n) is 15.6. The van der Waals surface area contributed by atoms with Crippen LogP contribution in [0.2, 0.25) is 0 Å². The van der Waals surface area contributed by atoms with Crippen molar-refractivity contribution in [1.29, 1.82) is 0 Å². The molecule has 0 saturated heterocycles. The van der Waals surface area contributed by atoms with Crippen molar-refractivity contribution in [1.82, 2.24) is 5.32 Å². The molecule has 2 saturated carbocycles. The molecular weight excluding hydrogens is 346 g/mol.